The van der Waals surface area contributed by atoms with Crippen molar-refractivity contribution < 1.29 is 19.4 Å². The summed E-state index contributed by atoms with van der Waals surface area (Å²) in [6.07, 6.45) is 0.337. The minimum Gasteiger partial charge on any atom is -0.484 e. The van der Waals surface area contributed by atoms with Gasteiger partial charge in [-0.2, -0.15) is 0 Å². The Morgan fingerprint density at radius 1 is 1.25 bits per heavy atom. The van der Waals surface area contributed by atoms with Crippen molar-refractivity contribution in [2.24, 2.45) is 0 Å². The van der Waals surface area contributed by atoms with Gasteiger partial charge in [-0.05, 0) is 30.0 Å². The normalized spacial score (nSPS) is 12.0. The molecule has 0 fully saturated rings. The van der Waals surface area contributed by atoms with Gasteiger partial charge in [-0.15, -0.1) is 0 Å². The summed E-state index contributed by atoms with van der Waals surface area (Å²) in [5.41, 5.74) is 1.19. The van der Waals surface area contributed by atoms with Crippen molar-refractivity contribution in [3.8, 4) is 5.75 Å². The maximum Gasteiger partial charge on any atom is 0.326 e. The van der Waals surface area contributed by atoms with Crippen molar-refractivity contribution in [1.82, 2.24) is 5.32 Å². The molecule has 0 spiro atoms. The Morgan fingerprint density at radius 3 is 2.30 bits per heavy atom. The van der Waals surface area contributed by atoms with Gasteiger partial charge in [0.15, 0.2) is 6.61 Å². The number of nitrogens with one attached hydrogen (secondary N) is 1. The highest BCUT2D eigenvalue weighted by Gasteiger charge is 2.17. The Morgan fingerprint density at radius 2 is 1.85 bits per heavy atom. The van der Waals surface area contributed by atoms with E-state index in [1.54, 1.807) is 19.1 Å². The summed E-state index contributed by atoms with van der Waals surface area (Å²) in [4.78, 5) is 22.4. The molecular weight excluding hydrogens is 258 g/mol. The van der Waals surface area contributed by atoms with Crippen LogP contribution >= 0.6 is 0 Å². The number of ether oxygens (including phenoxy) is 1. The summed E-state index contributed by atoms with van der Waals surface area (Å²) >= 11 is 0. The van der Waals surface area contributed by atoms with Crippen molar-refractivity contribution in [3.05, 3.63) is 29.8 Å². The molecular formula is C15H21NO4. The summed E-state index contributed by atoms with van der Waals surface area (Å²) in [5.74, 6) is -0.449. The van der Waals surface area contributed by atoms with Gasteiger partial charge in [0.2, 0.25) is 0 Å². The van der Waals surface area contributed by atoms with Gasteiger partial charge in [-0.25, -0.2) is 4.79 Å². The van der Waals surface area contributed by atoms with Crippen LogP contribution in [0.3, 0.4) is 0 Å². The second-order valence-corrected chi connectivity index (χ2v) is 4.88. The van der Waals surface area contributed by atoms with Crippen LogP contribution in [0.1, 0.15) is 38.7 Å². The third-order valence-electron chi connectivity index (χ3n) is 2.96. The molecule has 1 aromatic rings. The molecule has 5 heteroatoms. The minimum absolute atomic E-state index is 0.190. The minimum atomic E-state index is -1.04. The van der Waals surface area contributed by atoms with Crippen LogP contribution in [0.4, 0.5) is 0 Å². The van der Waals surface area contributed by atoms with E-state index in [1.807, 2.05) is 12.1 Å². The number of carboxylic acid groups (broad SMARTS) is 1. The number of carbonyl (C=O) groups excluding carboxylic acids is 1. The summed E-state index contributed by atoms with van der Waals surface area (Å²) in [7, 11) is 0. The number of carbonyl (C=O) groups is 2. The highest BCUT2D eigenvalue weighted by atomic mass is 16.5. The predicted molar refractivity (Wildman–Crippen MR) is 75.9 cm³/mol. The largest absolute Gasteiger partial charge is 0.484 e. The van der Waals surface area contributed by atoms with E-state index in [9.17, 15) is 9.59 Å². The molecule has 0 aliphatic heterocycles. The third-order valence-corrected chi connectivity index (χ3v) is 2.96. The molecule has 1 aromatic carbocycles. The lowest BCUT2D eigenvalue weighted by atomic mass is 10.0. The Balaban J connectivity index is 2.46. The van der Waals surface area contributed by atoms with Crippen LogP contribution in [0.25, 0.3) is 0 Å². The Hall–Kier alpha value is -2.04. The molecule has 20 heavy (non-hydrogen) atoms. The monoisotopic (exact) mass is 279 g/mol. The van der Waals surface area contributed by atoms with Crippen LogP contribution in [0.15, 0.2) is 24.3 Å². The molecule has 110 valence electrons. The quantitative estimate of drug-likeness (QED) is 0.802. The van der Waals surface area contributed by atoms with Crippen molar-refractivity contribution >= 4 is 11.9 Å². The van der Waals surface area contributed by atoms with Gasteiger partial charge in [-0.3, -0.25) is 4.79 Å². The number of benzene rings is 1. The molecule has 0 aliphatic rings. The molecule has 1 atom stereocenters. The zero-order valence-electron chi connectivity index (χ0n) is 12.1. The van der Waals surface area contributed by atoms with Gasteiger partial charge in [0.05, 0.1) is 0 Å². The van der Waals surface area contributed by atoms with E-state index in [0.717, 1.165) is 0 Å². The Labute approximate surface area is 118 Å². The average molecular weight is 279 g/mol. The first kappa shape index (κ1) is 16.0. The van der Waals surface area contributed by atoms with Gasteiger partial charge >= 0.3 is 5.97 Å². The number of rotatable bonds is 7. The molecule has 1 amide bonds. The molecule has 0 saturated carbocycles. The highest BCUT2D eigenvalue weighted by molar-refractivity contribution is 5.84. The molecule has 5 nitrogen and oxygen atoms in total. The first-order valence-corrected chi connectivity index (χ1v) is 6.69. The summed E-state index contributed by atoms with van der Waals surface area (Å²) in [5, 5.41) is 11.2. The fraction of sp³-hybridized carbons (Fsp3) is 0.467. The van der Waals surface area contributed by atoms with Crippen molar-refractivity contribution in [1.29, 1.82) is 0 Å². The summed E-state index contributed by atoms with van der Waals surface area (Å²) < 4.78 is 5.32. The van der Waals surface area contributed by atoms with E-state index in [4.69, 9.17) is 9.84 Å². The average Bonchev–Trinajstić information content (AvgIpc) is 2.42. The lowest BCUT2D eigenvalue weighted by molar-refractivity contribution is -0.142. The molecule has 0 saturated heterocycles. The van der Waals surface area contributed by atoms with Gasteiger partial charge in [0, 0.05) is 0 Å². The fourth-order valence-electron chi connectivity index (χ4n) is 1.67. The van der Waals surface area contributed by atoms with Crippen molar-refractivity contribution in [3.63, 3.8) is 0 Å². The van der Waals surface area contributed by atoms with E-state index < -0.39 is 17.9 Å². The van der Waals surface area contributed by atoms with E-state index in [1.165, 1.54) is 5.56 Å². The topological polar surface area (TPSA) is 75.6 Å². The van der Waals surface area contributed by atoms with E-state index in [-0.39, 0.29) is 6.61 Å². The first-order valence-electron chi connectivity index (χ1n) is 6.69. The second-order valence-electron chi connectivity index (χ2n) is 4.88. The van der Waals surface area contributed by atoms with E-state index in [2.05, 4.69) is 19.2 Å². The van der Waals surface area contributed by atoms with Crippen LogP contribution in [0.5, 0.6) is 5.75 Å². The van der Waals surface area contributed by atoms with Crippen LogP contribution in [-0.4, -0.2) is 29.6 Å². The van der Waals surface area contributed by atoms with Gasteiger partial charge < -0.3 is 15.2 Å². The standard InChI is InChI=1S/C15H21NO4/c1-4-13(15(18)19)16-14(17)9-20-12-7-5-11(6-8-12)10(2)3/h5-8,10,13H,4,9H2,1-3H3,(H,16,17)(H,18,19). The third kappa shape index (κ3) is 4.91. The number of hydrogen-bond acceptors (Lipinski definition) is 3. The molecule has 0 aliphatic carbocycles. The number of hydrogen-bond donors (Lipinski definition) is 2. The first-order chi connectivity index (χ1) is 9.43. The van der Waals surface area contributed by atoms with Crippen molar-refractivity contribution in [2.75, 3.05) is 6.61 Å². The molecule has 0 bridgehead atoms. The predicted octanol–water partition coefficient (Wildman–Crippen LogP) is 2.17. The molecule has 1 unspecified atom stereocenters. The van der Waals surface area contributed by atoms with E-state index >= 15 is 0 Å². The van der Waals surface area contributed by atoms with Crippen LogP contribution in [0.2, 0.25) is 0 Å². The maximum absolute atomic E-state index is 11.6. The maximum atomic E-state index is 11.6. The fourth-order valence-corrected chi connectivity index (χ4v) is 1.67. The molecule has 0 radical (unpaired) electrons. The zero-order chi connectivity index (χ0) is 15.1. The molecule has 0 aromatic heterocycles. The van der Waals surface area contributed by atoms with Crippen LogP contribution in [-0.2, 0) is 9.59 Å². The Kier molecular flexibility index (Phi) is 6.03. The lowest BCUT2D eigenvalue weighted by Crippen LogP contribution is -2.42. The SMILES string of the molecule is CCC(NC(=O)COc1ccc(C(C)C)cc1)C(=O)O. The molecule has 1 rings (SSSR count). The number of carboxylic acids is 1. The van der Waals surface area contributed by atoms with Gasteiger partial charge in [0.1, 0.15) is 11.8 Å². The molecule has 2 N–H and O–H groups in total. The van der Waals surface area contributed by atoms with Crippen LogP contribution < -0.4 is 10.1 Å². The van der Waals surface area contributed by atoms with Crippen molar-refractivity contribution in [2.45, 2.75) is 39.2 Å². The smallest absolute Gasteiger partial charge is 0.326 e. The van der Waals surface area contributed by atoms with Gasteiger partial charge in [-0.1, -0.05) is 32.9 Å². The summed E-state index contributed by atoms with van der Waals surface area (Å²) in [6.45, 7) is 5.70. The highest BCUT2D eigenvalue weighted by Crippen LogP contribution is 2.18. The lowest BCUT2D eigenvalue weighted by Gasteiger charge is -2.13. The zero-order valence-corrected chi connectivity index (χ0v) is 12.1. The Bertz CT molecular complexity index is 453. The summed E-state index contributed by atoms with van der Waals surface area (Å²) in [6, 6.07) is 6.64. The second kappa shape index (κ2) is 7.53. The van der Waals surface area contributed by atoms with Gasteiger partial charge in [0.25, 0.3) is 5.91 Å². The number of amides is 1. The van der Waals surface area contributed by atoms with Crippen LogP contribution in [0, 0.1) is 0 Å². The van der Waals surface area contributed by atoms with E-state index in [0.29, 0.717) is 18.1 Å². The number of aliphatic carboxylic acids is 1. The molecule has 0 heterocycles.